The Balaban J connectivity index is 2.37. The summed E-state index contributed by atoms with van der Waals surface area (Å²) in [5.41, 5.74) is 1.99. The van der Waals surface area contributed by atoms with Crippen LogP contribution in [0.25, 0.3) is 17.1 Å². The molecule has 0 spiro atoms. The summed E-state index contributed by atoms with van der Waals surface area (Å²) in [6, 6.07) is 0. The van der Waals surface area contributed by atoms with Gasteiger partial charge in [0, 0.05) is 24.4 Å². The van der Waals surface area contributed by atoms with Gasteiger partial charge < -0.3 is 9.30 Å². The smallest absolute Gasteiger partial charge is 0.215 e. The lowest BCUT2D eigenvalue weighted by Gasteiger charge is -2.01. The van der Waals surface area contributed by atoms with Crippen molar-refractivity contribution >= 4 is 28.8 Å². The van der Waals surface area contributed by atoms with Crippen LogP contribution in [0.2, 0.25) is 0 Å². The molecule has 0 fully saturated rings. The van der Waals surface area contributed by atoms with Crippen molar-refractivity contribution in [2.24, 2.45) is 4.99 Å². The van der Waals surface area contributed by atoms with E-state index in [4.69, 9.17) is 4.74 Å². The molecule has 86 valence electrons. The summed E-state index contributed by atoms with van der Waals surface area (Å²) in [5.74, 6) is 1.23. The fourth-order valence-electron chi connectivity index (χ4n) is 2.01. The van der Waals surface area contributed by atoms with Crippen molar-refractivity contribution < 1.29 is 4.74 Å². The zero-order chi connectivity index (χ0) is 11.8. The van der Waals surface area contributed by atoms with E-state index in [1.165, 1.54) is 6.33 Å². The van der Waals surface area contributed by atoms with Crippen LogP contribution in [0.15, 0.2) is 23.6 Å². The molecule has 3 rings (SSSR count). The van der Waals surface area contributed by atoms with Gasteiger partial charge in [0.15, 0.2) is 5.82 Å². The van der Waals surface area contributed by atoms with Gasteiger partial charge >= 0.3 is 0 Å². The van der Waals surface area contributed by atoms with Crippen LogP contribution in [0, 0.1) is 0 Å². The van der Waals surface area contributed by atoms with Crippen molar-refractivity contribution in [3.63, 3.8) is 0 Å². The van der Waals surface area contributed by atoms with E-state index in [-0.39, 0.29) is 0 Å². The minimum atomic E-state index is 0.559. The van der Waals surface area contributed by atoms with Crippen LogP contribution < -0.4 is 0 Å². The zero-order valence-corrected chi connectivity index (χ0v) is 9.71. The van der Waals surface area contributed by atoms with Gasteiger partial charge in [0.2, 0.25) is 5.90 Å². The van der Waals surface area contributed by atoms with E-state index in [1.807, 2.05) is 12.2 Å². The Labute approximate surface area is 98.5 Å². The van der Waals surface area contributed by atoms with Gasteiger partial charge in [-0.3, -0.25) is 0 Å². The van der Waals surface area contributed by atoms with Crippen LogP contribution in [0.3, 0.4) is 0 Å². The van der Waals surface area contributed by atoms with Crippen LogP contribution in [-0.2, 0) is 11.3 Å². The predicted molar refractivity (Wildman–Crippen MR) is 66.3 cm³/mol. The van der Waals surface area contributed by atoms with Crippen LogP contribution in [0.1, 0.15) is 12.5 Å². The minimum Gasteiger partial charge on any atom is -0.481 e. The Kier molecular flexibility index (Phi) is 2.18. The lowest BCUT2D eigenvalue weighted by molar-refractivity contribution is 0.407. The van der Waals surface area contributed by atoms with Gasteiger partial charge in [-0.05, 0) is 13.0 Å². The number of rotatable bonds is 1. The molecule has 5 nitrogen and oxygen atoms in total. The van der Waals surface area contributed by atoms with E-state index in [1.54, 1.807) is 7.11 Å². The molecule has 2 aromatic rings. The van der Waals surface area contributed by atoms with Crippen LogP contribution >= 0.6 is 0 Å². The van der Waals surface area contributed by atoms with E-state index in [0.717, 1.165) is 23.1 Å². The monoisotopic (exact) mass is 228 g/mol. The highest BCUT2D eigenvalue weighted by molar-refractivity contribution is 6.04. The lowest BCUT2D eigenvalue weighted by atomic mass is 10.2. The predicted octanol–water partition coefficient (Wildman–Crippen LogP) is 2.15. The third-order valence-corrected chi connectivity index (χ3v) is 2.83. The summed E-state index contributed by atoms with van der Waals surface area (Å²) in [6.45, 7) is 2.96. The number of hydrogen-bond acceptors (Lipinski definition) is 4. The molecule has 0 amide bonds. The number of aromatic nitrogens is 3. The van der Waals surface area contributed by atoms with Gasteiger partial charge in [0.1, 0.15) is 12.0 Å². The number of nitrogens with zero attached hydrogens (tertiary/aromatic N) is 4. The van der Waals surface area contributed by atoms with Crippen molar-refractivity contribution in [3.05, 3.63) is 24.2 Å². The lowest BCUT2D eigenvalue weighted by Crippen LogP contribution is -1.96. The fraction of sp³-hybridized carbons (Fsp3) is 0.250. The molecular weight excluding hydrogens is 216 g/mol. The van der Waals surface area contributed by atoms with E-state index in [2.05, 4.69) is 32.6 Å². The highest BCUT2D eigenvalue weighted by atomic mass is 16.5. The van der Waals surface area contributed by atoms with Crippen molar-refractivity contribution in [3.8, 4) is 0 Å². The molecule has 3 heterocycles. The maximum absolute atomic E-state index is 5.16. The number of methoxy groups -OCH3 is 1. The quantitative estimate of drug-likeness (QED) is 0.751. The van der Waals surface area contributed by atoms with Crippen LogP contribution in [0.4, 0.5) is 5.82 Å². The molecule has 0 radical (unpaired) electrons. The summed E-state index contributed by atoms with van der Waals surface area (Å²) < 4.78 is 7.25. The van der Waals surface area contributed by atoms with Crippen molar-refractivity contribution in [1.29, 1.82) is 0 Å². The molecule has 0 saturated carbocycles. The standard InChI is InChI=1S/C12H12N4O/c1-3-16-6-8-4-5-9(17-2)15-11-10(8)12(16)14-7-13-11/h4-7H,3H2,1-2H3. The van der Waals surface area contributed by atoms with Crippen molar-refractivity contribution in [2.75, 3.05) is 7.11 Å². The summed E-state index contributed by atoms with van der Waals surface area (Å²) in [6.07, 6.45) is 7.43. The zero-order valence-electron chi connectivity index (χ0n) is 9.71. The first-order chi connectivity index (χ1) is 8.33. The number of ether oxygens (including phenoxy) is 1. The van der Waals surface area contributed by atoms with Crippen molar-refractivity contribution in [2.45, 2.75) is 13.5 Å². The summed E-state index contributed by atoms with van der Waals surface area (Å²) in [7, 11) is 1.60. The normalized spacial score (nSPS) is 13.6. The molecule has 1 aliphatic rings. The number of hydrogen-bond donors (Lipinski definition) is 0. The first kappa shape index (κ1) is 10.0. The molecular formula is C12H12N4O. The average Bonchev–Trinajstić information content (AvgIpc) is 2.62. The Hall–Kier alpha value is -2.17. The Morgan fingerprint density at radius 3 is 2.94 bits per heavy atom. The molecule has 2 aromatic heterocycles. The number of aryl methyl sites for hydroxylation is 1. The molecule has 0 bridgehead atoms. The second-order valence-corrected chi connectivity index (χ2v) is 3.75. The minimum absolute atomic E-state index is 0.559. The maximum atomic E-state index is 5.16. The topological polar surface area (TPSA) is 52.3 Å². The third-order valence-electron chi connectivity index (χ3n) is 2.83. The van der Waals surface area contributed by atoms with Gasteiger partial charge in [-0.2, -0.15) is 4.99 Å². The summed E-state index contributed by atoms with van der Waals surface area (Å²) in [5, 5.41) is 0.984. The van der Waals surface area contributed by atoms with E-state index >= 15 is 0 Å². The Morgan fingerprint density at radius 1 is 1.29 bits per heavy atom. The average molecular weight is 228 g/mol. The largest absolute Gasteiger partial charge is 0.481 e. The Morgan fingerprint density at radius 2 is 2.18 bits per heavy atom. The molecule has 0 atom stereocenters. The number of aliphatic imine (C=N–C) groups is 1. The van der Waals surface area contributed by atoms with Gasteiger partial charge in [0.05, 0.1) is 12.5 Å². The van der Waals surface area contributed by atoms with Gasteiger partial charge in [-0.25, -0.2) is 9.97 Å². The molecule has 0 N–H and O–H groups in total. The molecule has 0 unspecified atom stereocenters. The van der Waals surface area contributed by atoms with E-state index in [9.17, 15) is 0 Å². The van der Waals surface area contributed by atoms with Gasteiger partial charge in [-0.15, -0.1) is 0 Å². The Bertz CT molecular complexity index is 639. The van der Waals surface area contributed by atoms with Gasteiger partial charge in [0.25, 0.3) is 0 Å². The second-order valence-electron chi connectivity index (χ2n) is 3.75. The molecule has 0 aromatic carbocycles. The fourth-order valence-corrected chi connectivity index (χ4v) is 2.01. The van der Waals surface area contributed by atoms with Crippen LogP contribution in [-0.4, -0.2) is 27.5 Å². The highest BCUT2D eigenvalue weighted by Gasteiger charge is 2.15. The molecule has 5 heteroatoms. The second kappa shape index (κ2) is 3.69. The van der Waals surface area contributed by atoms with Gasteiger partial charge in [-0.1, -0.05) is 0 Å². The first-order valence-corrected chi connectivity index (χ1v) is 5.48. The maximum Gasteiger partial charge on any atom is 0.215 e. The molecule has 17 heavy (non-hydrogen) atoms. The molecule has 1 aliphatic heterocycles. The van der Waals surface area contributed by atoms with Crippen molar-refractivity contribution in [1.82, 2.24) is 14.5 Å². The third kappa shape index (κ3) is 1.43. The molecule has 0 saturated heterocycles. The van der Waals surface area contributed by atoms with E-state index < -0.39 is 0 Å². The van der Waals surface area contributed by atoms with E-state index in [0.29, 0.717) is 11.7 Å². The first-order valence-electron chi connectivity index (χ1n) is 5.48. The van der Waals surface area contributed by atoms with Crippen LogP contribution in [0.5, 0.6) is 0 Å². The summed E-state index contributed by atoms with van der Waals surface area (Å²) in [4.78, 5) is 12.9. The SMILES string of the molecule is CCn1cc2c3c(ncnc31)N=C(OC)C=C2. The highest BCUT2D eigenvalue weighted by Crippen LogP contribution is 2.30. The summed E-state index contributed by atoms with van der Waals surface area (Å²) >= 11 is 0. The molecule has 0 aliphatic carbocycles.